The van der Waals surface area contributed by atoms with Gasteiger partial charge in [-0.15, -0.1) is 0 Å². The molecule has 2 saturated heterocycles. The molecule has 3 aliphatic rings. The molecule has 30 heavy (non-hydrogen) atoms. The van der Waals surface area contributed by atoms with Crippen LogP contribution < -0.4 is 10.2 Å². The van der Waals surface area contributed by atoms with Crippen molar-refractivity contribution in [2.24, 2.45) is 10.4 Å². The number of benzene rings is 1. The number of nitrogens with zero attached hydrogens (tertiary/aromatic N) is 4. The molecule has 0 radical (unpaired) electrons. The second kappa shape index (κ2) is 9.23. The third-order valence-electron chi connectivity index (χ3n) is 6.90. The number of rotatable bonds is 5. The Bertz CT molecular complexity index is 753. The molecule has 7 heteroatoms. The molecule has 0 unspecified atom stereocenters. The topological polar surface area (TPSA) is 51.2 Å². The summed E-state index contributed by atoms with van der Waals surface area (Å²) in [5.41, 5.74) is 1.55. The average molecular weight is 416 g/mol. The number of guanidine groups is 1. The van der Waals surface area contributed by atoms with E-state index in [1.807, 2.05) is 4.90 Å². The zero-order valence-electron chi connectivity index (χ0n) is 18.1. The number of amides is 1. The second-order valence-electron chi connectivity index (χ2n) is 8.86. The van der Waals surface area contributed by atoms with Crippen molar-refractivity contribution in [1.82, 2.24) is 15.1 Å². The van der Waals surface area contributed by atoms with E-state index in [1.54, 1.807) is 12.1 Å². The van der Waals surface area contributed by atoms with Gasteiger partial charge in [0.05, 0.1) is 6.54 Å². The molecule has 2 heterocycles. The highest BCUT2D eigenvalue weighted by Crippen LogP contribution is 2.47. The maximum atomic E-state index is 13.1. The van der Waals surface area contributed by atoms with Crippen LogP contribution >= 0.6 is 0 Å². The molecule has 6 nitrogen and oxygen atoms in total. The molecule has 1 saturated carbocycles. The van der Waals surface area contributed by atoms with Crippen LogP contribution in [0.4, 0.5) is 10.1 Å². The van der Waals surface area contributed by atoms with Gasteiger partial charge in [-0.05, 0) is 55.9 Å². The van der Waals surface area contributed by atoms with Gasteiger partial charge in [0, 0.05) is 57.9 Å². The SMILES string of the molecule is CCNC(=NCCC(=O)N1CCN(c2ccc(F)cc2)CC1)N1CCC2(CCC2)C1. The van der Waals surface area contributed by atoms with E-state index in [1.165, 1.54) is 37.8 Å². The van der Waals surface area contributed by atoms with Gasteiger partial charge >= 0.3 is 0 Å². The number of piperazine rings is 1. The number of hydrogen-bond donors (Lipinski definition) is 1. The summed E-state index contributed by atoms with van der Waals surface area (Å²) in [5, 5.41) is 3.41. The van der Waals surface area contributed by atoms with Gasteiger partial charge in [-0.2, -0.15) is 0 Å². The van der Waals surface area contributed by atoms with Crippen molar-refractivity contribution in [2.45, 2.75) is 39.0 Å². The fourth-order valence-electron chi connectivity index (χ4n) is 4.91. The highest BCUT2D eigenvalue weighted by molar-refractivity contribution is 5.81. The smallest absolute Gasteiger partial charge is 0.224 e. The van der Waals surface area contributed by atoms with Crippen LogP contribution in [0, 0.1) is 11.2 Å². The number of hydrogen-bond acceptors (Lipinski definition) is 3. The minimum atomic E-state index is -0.221. The molecule has 1 aromatic rings. The zero-order valence-corrected chi connectivity index (χ0v) is 18.1. The van der Waals surface area contributed by atoms with E-state index < -0.39 is 0 Å². The normalized spacial score (nSPS) is 21.1. The fourth-order valence-corrected chi connectivity index (χ4v) is 4.91. The molecule has 2 aliphatic heterocycles. The molecule has 3 fully saturated rings. The fraction of sp³-hybridized carbons (Fsp3) is 0.652. The Balaban J connectivity index is 1.24. The number of anilines is 1. The van der Waals surface area contributed by atoms with Crippen molar-refractivity contribution >= 4 is 17.6 Å². The Hall–Kier alpha value is -2.31. The van der Waals surface area contributed by atoms with Crippen molar-refractivity contribution < 1.29 is 9.18 Å². The summed E-state index contributed by atoms with van der Waals surface area (Å²) in [6.07, 6.45) is 5.79. The second-order valence-corrected chi connectivity index (χ2v) is 8.86. The summed E-state index contributed by atoms with van der Waals surface area (Å²) in [7, 11) is 0. The van der Waals surface area contributed by atoms with Crippen molar-refractivity contribution in [2.75, 3.05) is 57.3 Å². The molecule has 4 rings (SSSR count). The Morgan fingerprint density at radius 3 is 2.40 bits per heavy atom. The molecule has 1 spiro atoms. The Kier molecular flexibility index (Phi) is 6.44. The van der Waals surface area contributed by atoms with Crippen LogP contribution in [0.3, 0.4) is 0 Å². The monoisotopic (exact) mass is 415 g/mol. The first-order valence-corrected chi connectivity index (χ1v) is 11.4. The number of carbonyl (C=O) groups excluding carboxylic acids is 1. The summed E-state index contributed by atoms with van der Waals surface area (Å²) in [6.45, 7) is 8.62. The number of halogens is 1. The van der Waals surface area contributed by atoms with Gasteiger partial charge < -0.3 is 20.0 Å². The lowest BCUT2D eigenvalue weighted by molar-refractivity contribution is -0.131. The summed E-state index contributed by atoms with van der Waals surface area (Å²) in [5.74, 6) is 0.919. The van der Waals surface area contributed by atoms with Crippen molar-refractivity contribution in [1.29, 1.82) is 0 Å². The van der Waals surface area contributed by atoms with E-state index in [9.17, 15) is 9.18 Å². The van der Waals surface area contributed by atoms with Gasteiger partial charge in [0.15, 0.2) is 5.96 Å². The molecular weight excluding hydrogens is 381 g/mol. The third kappa shape index (κ3) is 4.71. The quantitative estimate of drug-likeness (QED) is 0.594. The maximum absolute atomic E-state index is 13.1. The minimum Gasteiger partial charge on any atom is -0.368 e. The first-order chi connectivity index (χ1) is 14.6. The summed E-state index contributed by atoms with van der Waals surface area (Å²) >= 11 is 0. The van der Waals surface area contributed by atoms with Crippen molar-refractivity contribution in [3.63, 3.8) is 0 Å². The van der Waals surface area contributed by atoms with E-state index in [0.717, 1.165) is 44.4 Å². The first kappa shape index (κ1) is 20.9. The van der Waals surface area contributed by atoms with Gasteiger partial charge in [-0.25, -0.2) is 4.39 Å². The van der Waals surface area contributed by atoms with Gasteiger partial charge in [-0.1, -0.05) is 6.42 Å². The van der Waals surface area contributed by atoms with E-state index >= 15 is 0 Å². The Morgan fingerprint density at radius 2 is 1.80 bits per heavy atom. The molecule has 1 N–H and O–H groups in total. The van der Waals surface area contributed by atoms with E-state index in [4.69, 9.17) is 4.99 Å². The predicted molar refractivity (Wildman–Crippen MR) is 118 cm³/mol. The predicted octanol–water partition coefficient (Wildman–Crippen LogP) is 2.71. The average Bonchev–Trinajstić information content (AvgIpc) is 3.20. The summed E-state index contributed by atoms with van der Waals surface area (Å²) in [4.78, 5) is 23.9. The molecule has 1 aromatic carbocycles. The van der Waals surface area contributed by atoms with Crippen LogP contribution in [-0.2, 0) is 4.79 Å². The lowest BCUT2D eigenvalue weighted by Gasteiger charge is -2.38. The van der Waals surface area contributed by atoms with E-state index in [-0.39, 0.29) is 11.7 Å². The lowest BCUT2D eigenvalue weighted by atomic mass is 9.68. The van der Waals surface area contributed by atoms with Gasteiger partial charge in [0.1, 0.15) is 5.82 Å². The van der Waals surface area contributed by atoms with Crippen LogP contribution in [0.1, 0.15) is 39.0 Å². The van der Waals surface area contributed by atoms with E-state index in [0.29, 0.717) is 31.5 Å². The van der Waals surface area contributed by atoms with Crippen LogP contribution in [0.5, 0.6) is 0 Å². The molecule has 1 aliphatic carbocycles. The van der Waals surface area contributed by atoms with Crippen LogP contribution in [0.15, 0.2) is 29.3 Å². The maximum Gasteiger partial charge on any atom is 0.224 e. The van der Waals surface area contributed by atoms with Crippen LogP contribution in [0.25, 0.3) is 0 Å². The zero-order chi connectivity index (χ0) is 21.0. The van der Waals surface area contributed by atoms with Crippen LogP contribution in [0.2, 0.25) is 0 Å². The van der Waals surface area contributed by atoms with Gasteiger partial charge in [-0.3, -0.25) is 9.79 Å². The van der Waals surface area contributed by atoms with E-state index in [2.05, 4.69) is 22.0 Å². The summed E-state index contributed by atoms with van der Waals surface area (Å²) < 4.78 is 13.1. The molecule has 0 atom stereocenters. The first-order valence-electron chi connectivity index (χ1n) is 11.4. The minimum absolute atomic E-state index is 0.172. The Morgan fingerprint density at radius 1 is 1.07 bits per heavy atom. The lowest BCUT2D eigenvalue weighted by Crippen LogP contribution is -2.49. The molecule has 0 aromatic heterocycles. The molecule has 164 valence electrons. The number of likely N-dealkylation sites (tertiary alicyclic amines) is 1. The van der Waals surface area contributed by atoms with Gasteiger partial charge in [0.2, 0.25) is 5.91 Å². The molecule has 0 bridgehead atoms. The third-order valence-corrected chi connectivity index (χ3v) is 6.90. The summed E-state index contributed by atoms with van der Waals surface area (Å²) in [6, 6.07) is 6.58. The van der Waals surface area contributed by atoms with Crippen LogP contribution in [-0.4, -0.2) is 74.0 Å². The largest absolute Gasteiger partial charge is 0.368 e. The highest BCUT2D eigenvalue weighted by atomic mass is 19.1. The number of aliphatic imine (C=N–C) groups is 1. The van der Waals surface area contributed by atoms with Crippen molar-refractivity contribution in [3.8, 4) is 0 Å². The Labute approximate surface area is 179 Å². The standard InChI is InChI=1S/C23H34FN5O/c1-2-25-22(29-13-11-23(18-29)9-3-10-23)26-12-8-21(30)28-16-14-27(15-17-28)20-6-4-19(24)5-7-20/h4-7H,2-3,8-18H2,1H3,(H,25,26). The van der Waals surface area contributed by atoms with Crippen molar-refractivity contribution in [3.05, 3.63) is 30.1 Å². The molecule has 1 amide bonds. The van der Waals surface area contributed by atoms with Gasteiger partial charge in [0.25, 0.3) is 0 Å². The molecular formula is C23H34FN5O. The number of carbonyl (C=O) groups is 1. The highest BCUT2D eigenvalue weighted by Gasteiger charge is 2.43. The number of nitrogens with one attached hydrogen (secondary N) is 1.